The Morgan fingerprint density at radius 2 is 2.03 bits per heavy atom. The van der Waals surface area contributed by atoms with E-state index in [9.17, 15) is 18.0 Å². The molecule has 3 aromatic rings. The van der Waals surface area contributed by atoms with Crippen LogP contribution in [0.5, 0.6) is 0 Å². The molecule has 4 heterocycles. The van der Waals surface area contributed by atoms with Crippen LogP contribution in [0.2, 0.25) is 0 Å². The van der Waals surface area contributed by atoms with Crippen LogP contribution >= 0.6 is 0 Å². The molecule has 0 amide bonds. The van der Waals surface area contributed by atoms with E-state index in [-0.39, 0.29) is 18.2 Å². The van der Waals surface area contributed by atoms with Crippen molar-refractivity contribution in [2.75, 3.05) is 6.54 Å². The van der Waals surface area contributed by atoms with Gasteiger partial charge in [0.15, 0.2) is 0 Å². The zero-order chi connectivity index (χ0) is 23.5. The summed E-state index contributed by atoms with van der Waals surface area (Å²) < 4.78 is 49.4. The highest BCUT2D eigenvalue weighted by Gasteiger charge is 2.41. The first-order chi connectivity index (χ1) is 15.5. The van der Waals surface area contributed by atoms with Gasteiger partial charge in [-0.05, 0) is 56.2 Å². The fourth-order valence-electron chi connectivity index (χ4n) is 4.85. The molecule has 2 aromatic heterocycles. The summed E-state index contributed by atoms with van der Waals surface area (Å²) in [5.41, 5.74) is 2.00. The lowest BCUT2D eigenvalue weighted by Crippen LogP contribution is -2.50. The molecule has 2 aliphatic heterocycles. The second-order valence-corrected chi connectivity index (χ2v) is 9.19. The number of aryl methyl sites for hydroxylation is 1. The van der Waals surface area contributed by atoms with Crippen LogP contribution in [0, 0.1) is 6.92 Å². The third kappa shape index (κ3) is 3.79. The predicted molar refractivity (Wildman–Crippen MR) is 116 cm³/mol. The maximum atomic E-state index is 13.3. The van der Waals surface area contributed by atoms with Crippen molar-refractivity contribution in [2.45, 2.75) is 58.3 Å². The second kappa shape index (κ2) is 7.56. The maximum absolute atomic E-state index is 13.3. The van der Waals surface area contributed by atoms with Crippen molar-refractivity contribution >= 4 is 0 Å². The number of alkyl halides is 3. The number of hydrogen-bond acceptors (Lipinski definition) is 4. The molecule has 0 fully saturated rings. The third-order valence-electron chi connectivity index (χ3n) is 6.73. The zero-order valence-corrected chi connectivity index (χ0v) is 18.7. The number of fused-ring (bicyclic) bond motifs is 2. The van der Waals surface area contributed by atoms with E-state index in [4.69, 9.17) is 4.74 Å². The van der Waals surface area contributed by atoms with Crippen LogP contribution in [0.3, 0.4) is 0 Å². The lowest BCUT2D eigenvalue weighted by Gasteiger charge is -2.40. The van der Waals surface area contributed by atoms with Crippen molar-refractivity contribution in [3.8, 4) is 5.69 Å². The van der Waals surface area contributed by atoms with Gasteiger partial charge in [0.2, 0.25) is 0 Å². The van der Waals surface area contributed by atoms with E-state index in [0.29, 0.717) is 30.9 Å². The molecule has 0 bridgehead atoms. The van der Waals surface area contributed by atoms with Gasteiger partial charge in [0, 0.05) is 37.6 Å². The molecule has 5 rings (SSSR count). The standard InChI is InChI=1S/C24H25F3N4O2/c1-15-9-30(14-28-15)21-7-6-19-11-29(16(2)10-31(19)22(21)32)13-23(3)20-8-18(24(25,26)27)5-4-17(20)12-33-23/h4-9,14,16H,10-13H2,1-3H3. The quantitative estimate of drug-likeness (QED) is 0.595. The van der Waals surface area contributed by atoms with Crippen molar-refractivity contribution in [2.24, 2.45) is 0 Å². The highest BCUT2D eigenvalue weighted by atomic mass is 19.4. The van der Waals surface area contributed by atoms with Crippen LogP contribution in [0.4, 0.5) is 13.2 Å². The monoisotopic (exact) mass is 458 g/mol. The summed E-state index contributed by atoms with van der Waals surface area (Å²) >= 11 is 0. The Hall–Kier alpha value is -2.91. The van der Waals surface area contributed by atoms with E-state index < -0.39 is 17.3 Å². The fourth-order valence-corrected chi connectivity index (χ4v) is 4.85. The molecular formula is C24H25F3N4O2. The van der Waals surface area contributed by atoms with Gasteiger partial charge in [-0.2, -0.15) is 13.2 Å². The van der Waals surface area contributed by atoms with Crippen LogP contribution < -0.4 is 5.56 Å². The largest absolute Gasteiger partial charge is 0.416 e. The minimum atomic E-state index is -4.40. The number of ether oxygens (including phenoxy) is 1. The van der Waals surface area contributed by atoms with E-state index in [1.165, 1.54) is 12.1 Å². The van der Waals surface area contributed by atoms with Crippen molar-refractivity contribution in [1.82, 2.24) is 19.0 Å². The number of nitrogens with zero attached hydrogens (tertiary/aromatic N) is 4. The molecule has 0 aliphatic carbocycles. The molecule has 0 saturated heterocycles. The number of aromatic nitrogens is 3. The highest BCUT2D eigenvalue weighted by molar-refractivity contribution is 5.40. The van der Waals surface area contributed by atoms with Crippen molar-refractivity contribution < 1.29 is 17.9 Å². The van der Waals surface area contributed by atoms with Crippen LogP contribution in [-0.2, 0) is 36.2 Å². The van der Waals surface area contributed by atoms with Gasteiger partial charge in [-0.1, -0.05) is 6.07 Å². The topological polar surface area (TPSA) is 52.3 Å². The smallest absolute Gasteiger partial charge is 0.365 e. The number of rotatable bonds is 3. The Bertz CT molecular complexity index is 1280. The number of imidazole rings is 1. The van der Waals surface area contributed by atoms with E-state index in [0.717, 1.165) is 23.0 Å². The summed E-state index contributed by atoms with van der Waals surface area (Å²) in [4.78, 5) is 19.5. The molecule has 6 nitrogen and oxygen atoms in total. The van der Waals surface area contributed by atoms with Crippen LogP contribution in [0.15, 0.2) is 47.7 Å². The lowest BCUT2D eigenvalue weighted by molar-refractivity contribution is -0.137. The maximum Gasteiger partial charge on any atom is 0.416 e. The number of benzene rings is 1. The van der Waals surface area contributed by atoms with Crippen molar-refractivity contribution in [3.05, 3.63) is 81.3 Å². The average Bonchev–Trinajstić information content (AvgIpc) is 3.32. The molecule has 2 atom stereocenters. The van der Waals surface area contributed by atoms with Gasteiger partial charge in [0.25, 0.3) is 5.56 Å². The van der Waals surface area contributed by atoms with Crippen LogP contribution in [-0.4, -0.2) is 31.6 Å². The Morgan fingerprint density at radius 3 is 2.73 bits per heavy atom. The SMILES string of the molecule is Cc1cn(-c2ccc3n(c2=O)CC(C)N(CC2(C)OCc4ccc(C(F)(F)F)cc42)C3)cn1. The minimum absolute atomic E-state index is 0.00486. The lowest BCUT2D eigenvalue weighted by atomic mass is 9.91. The summed E-state index contributed by atoms with van der Waals surface area (Å²) in [5.74, 6) is 0. The fraction of sp³-hybridized carbons (Fsp3) is 0.417. The van der Waals surface area contributed by atoms with Crippen LogP contribution in [0.1, 0.15) is 41.9 Å². The highest BCUT2D eigenvalue weighted by Crippen LogP contribution is 2.41. The van der Waals surface area contributed by atoms with E-state index in [2.05, 4.69) is 9.88 Å². The molecule has 0 spiro atoms. The van der Waals surface area contributed by atoms with Gasteiger partial charge in [0.1, 0.15) is 11.3 Å². The Morgan fingerprint density at radius 1 is 1.24 bits per heavy atom. The second-order valence-electron chi connectivity index (χ2n) is 9.19. The Kier molecular flexibility index (Phi) is 5.02. The van der Waals surface area contributed by atoms with Gasteiger partial charge in [-0.25, -0.2) is 4.98 Å². The summed E-state index contributed by atoms with van der Waals surface area (Å²) in [6.45, 7) is 7.45. The molecule has 33 heavy (non-hydrogen) atoms. The predicted octanol–water partition coefficient (Wildman–Crippen LogP) is 4.01. The summed E-state index contributed by atoms with van der Waals surface area (Å²) in [5, 5.41) is 0. The first kappa shape index (κ1) is 21.9. The Labute approximate surface area is 189 Å². The number of pyridine rings is 1. The van der Waals surface area contributed by atoms with E-state index in [1.807, 2.05) is 33.0 Å². The van der Waals surface area contributed by atoms with E-state index >= 15 is 0 Å². The molecule has 2 unspecified atom stereocenters. The van der Waals surface area contributed by atoms with Gasteiger partial charge >= 0.3 is 6.18 Å². The molecule has 0 radical (unpaired) electrons. The molecule has 9 heteroatoms. The number of hydrogen-bond donors (Lipinski definition) is 0. The third-order valence-corrected chi connectivity index (χ3v) is 6.73. The van der Waals surface area contributed by atoms with Crippen LogP contribution in [0.25, 0.3) is 5.69 Å². The molecule has 0 saturated carbocycles. The molecule has 0 N–H and O–H groups in total. The number of halogens is 3. The van der Waals surface area contributed by atoms with Crippen molar-refractivity contribution in [3.63, 3.8) is 0 Å². The Balaban J connectivity index is 1.43. The molecule has 174 valence electrons. The van der Waals surface area contributed by atoms with Crippen molar-refractivity contribution in [1.29, 1.82) is 0 Å². The van der Waals surface area contributed by atoms with Gasteiger partial charge in [-0.15, -0.1) is 0 Å². The summed E-state index contributed by atoms with van der Waals surface area (Å²) in [6.07, 6.45) is -0.960. The molecular weight excluding hydrogens is 433 g/mol. The summed E-state index contributed by atoms with van der Waals surface area (Å²) in [7, 11) is 0. The first-order valence-corrected chi connectivity index (χ1v) is 10.9. The molecule has 1 aromatic carbocycles. The normalized spacial score (nSPS) is 22.9. The summed E-state index contributed by atoms with van der Waals surface area (Å²) in [6, 6.07) is 7.57. The average molecular weight is 458 g/mol. The minimum Gasteiger partial charge on any atom is -0.365 e. The zero-order valence-electron chi connectivity index (χ0n) is 18.7. The van der Waals surface area contributed by atoms with Gasteiger partial charge in [0.05, 0.1) is 24.2 Å². The van der Waals surface area contributed by atoms with Gasteiger partial charge in [-0.3, -0.25) is 9.69 Å². The first-order valence-electron chi connectivity index (χ1n) is 10.9. The molecule has 2 aliphatic rings. The van der Waals surface area contributed by atoms with Gasteiger partial charge < -0.3 is 13.9 Å². The van der Waals surface area contributed by atoms with E-state index in [1.54, 1.807) is 21.5 Å².